The number of benzene rings is 9. The number of para-hydroxylation sites is 5. The fourth-order valence-corrected chi connectivity index (χ4v) is 9.49. The van der Waals surface area contributed by atoms with Gasteiger partial charge in [-0.05, 0) is 71.8 Å². The summed E-state index contributed by atoms with van der Waals surface area (Å²) < 4.78 is 7.43. The van der Waals surface area contributed by atoms with Crippen molar-refractivity contribution in [2.75, 3.05) is 0 Å². The van der Waals surface area contributed by atoms with Crippen LogP contribution >= 0.6 is 0 Å². The van der Waals surface area contributed by atoms with Crippen LogP contribution in [0.3, 0.4) is 0 Å². The summed E-state index contributed by atoms with van der Waals surface area (Å²) in [6.45, 7) is 0. The van der Waals surface area contributed by atoms with Crippen LogP contribution in [0.1, 0.15) is 15.9 Å². The Labute approximate surface area is 340 Å². The van der Waals surface area contributed by atoms with Gasteiger partial charge in [-0.3, -0.25) is 4.79 Å². The summed E-state index contributed by atoms with van der Waals surface area (Å²) in [5.41, 5.74) is 13.8. The molecule has 4 nitrogen and oxygen atoms in total. The number of fused-ring (bicyclic) bond motifs is 12. The smallest absolute Gasteiger partial charge is 0.193 e. The molecule has 3 aromatic heterocycles. The van der Waals surface area contributed by atoms with Crippen molar-refractivity contribution in [2.45, 2.75) is 0 Å². The van der Waals surface area contributed by atoms with Gasteiger partial charge < -0.3 is 13.7 Å². The molecule has 12 rings (SSSR count). The minimum absolute atomic E-state index is 0.0216. The Bertz CT molecular complexity index is 3540. The van der Waals surface area contributed by atoms with Crippen molar-refractivity contribution in [1.29, 1.82) is 0 Å². The average molecular weight is 754 g/mol. The molecule has 0 saturated carbocycles. The van der Waals surface area contributed by atoms with Crippen molar-refractivity contribution >= 4 is 71.2 Å². The summed E-state index contributed by atoms with van der Waals surface area (Å²) in [5.74, 6) is 0.0216. The minimum Gasteiger partial charge on any atom is -0.308 e. The van der Waals surface area contributed by atoms with Gasteiger partial charge in [-0.2, -0.15) is 0 Å². The molecule has 0 aliphatic heterocycles. The van der Waals surface area contributed by atoms with Gasteiger partial charge in [0.15, 0.2) is 5.78 Å². The van der Waals surface area contributed by atoms with Crippen LogP contribution in [0.5, 0.6) is 0 Å². The van der Waals surface area contributed by atoms with Crippen LogP contribution in [-0.2, 0) is 0 Å². The lowest BCUT2D eigenvalue weighted by molar-refractivity contribution is 0.103. The minimum atomic E-state index is 0.0216. The van der Waals surface area contributed by atoms with E-state index in [0.717, 1.165) is 50.1 Å². The Kier molecular flexibility index (Phi) is 7.35. The largest absolute Gasteiger partial charge is 0.308 e. The molecule has 0 fully saturated rings. The van der Waals surface area contributed by atoms with E-state index in [-0.39, 0.29) is 5.78 Å². The molecule has 0 bridgehead atoms. The number of rotatable bonds is 6. The van der Waals surface area contributed by atoms with E-state index in [4.69, 9.17) is 0 Å². The molecule has 4 heteroatoms. The first kappa shape index (κ1) is 33.2. The second kappa shape index (κ2) is 13.1. The van der Waals surface area contributed by atoms with Crippen molar-refractivity contribution in [3.05, 3.63) is 223 Å². The van der Waals surface area contributed by atoms with Crippen LogP contribution in [0.4, 0.5) is 0 Å². The van der Waals surface area contributed by atoms with Crippen molar-refractivity contribution in [3.8, 4) is 28.2 Å². The molecule has 0 saturated heterocycles. The summed E-state index contributed by atoms with van der Waals surface area (Å²) in [6, 6.07) is 74.5. The molecule has 0 aliphatic rings. The SMILES string of the molecule is O=C(c1ccccc1)c1ccc(-c2ccc3c(c2)c2c4c(c5ccccc5n4-c4ccccc4)c4c(c5ccccc5n4-c4ccccc4)c2n3-c2ccccc2)cc1. The molecule has 0 spiro atoms. The summed E-state index contributed by atoms with van der Waals surface area (Å²) in [4.78, 5) is 13.4. The summed E-state index contributed by atoms with van der Waals surface area (Å²) >= 11 is 0. The molecule has 9 aromatic carbocycles. The van der Waals surface area contributed by atoms with Crippen molar-refractivity contribution in [3.63, 3.8) is 0 Å². The Hall–Kier alpha value is -7.95. The molecule has 0 amide bonds. The summed E-state index contributed by atoms with van der Waals surface area (Å²) in [6.07, 6.45) is 0. The Balaban J connectivity index is 1.29. The van der Waals surface area contributed by atoms with Gasteiger partial charge >= 0.3 is 0 Å². The van der Waals surface area contributed by atoms with E-state index in [2.05, 4.69) is 184 Å². The van der Waals surface area contributed by atoms with E-state index >= 15 is 0 Å². The highest BCUT2D eigenvalue weighted by atomic mass is 16.1. The first-order valence-corrected chi connectivity index (χ1v) is 20.1. The van der Waals surface area contributed by atoms with Crippen molar-refractivity contribution in [2.24, 2.45) is 0 Å². The van der Waals surface area contributed by atoms with Gasteiger partial charge in [0.25, 0.3) is 0 Å². The predicted octanol–water partition coefficient (Wildman–Crippen LogP) is 13.9. The van der Waals surface area contributed by atoms with Gasteiger partial charge in [-0.1, -0.05) is 152 Å². The average Bonchev–Trinajstić information content (AvgIpc) is 3.96. The molecule has 12 aromatic rings. The maximum Gasteiger partial charge on any atom is 0.193 e. The van der Waals surface area contributed by atoms with Gasteiger partial charge in [-0.25, -0.2) is 0 Å². The third-order valence-corrected chi connectivity index (χ3v) is 12.0. The van der Waals surface area contributed by atoms with Gasteiger partial charge in [0.1, 0.15) is 0 Å². The van der Waals surface area contributed by atoms with Crippen molar-refractivity contribution < 1.29 is 4.79 Å². The van der Waals surface area contributed by atoms with Gasteiger partial charge in [0, 0.05) is 60.5 Å². The molecule has 0 unspecified atom stereocenters. The zero-order valence-corrected chi connectivity index (χ0v) is 32.0. The van der Waals surface area contributed by atoms with Crippen LogP contribution in [0, 0.1) is 0 Å². The molecular weight excluding hydrogens is 719 g/mol. The summed E-state index contributed by atoms with van der Waals surface area (Å²) in [7, 11) is 0. The van der Waals surface area contributed by atoms with Crippen LogP contribution in [0.2, 0.25) is 0 Å². The Morgan fingerprint density at radius 3 is 1.14 bits per heavy atom. The third-order valence-electron chi connectivity index (χ3n) is 12.0. The Morgan fingerprint density at radius 1 is 0.305 bits per heavy atom. The highest BCUT2D eigenvalue weighted by molar-refractivity contribution is 6.40. The molecule has 0 atom stereocenters. The number of hydrogen-bond donors (Lipinski definition) is 0. The number of carbonyl (C=O) groups excluding carboxylic acids is 1. The van der Waals surface area contributed by atoms with Crippen LogP contribution < -0.4 is 0 Å². The number of hydrogen-bond acceptors (Lipinski definition) is 1. The van der Waals surface area contributed by atoms with Crippen LogP contribution in [-0.4, -0.2) is 19.5 Å². The van der Waals surface area contributed by atoms with E-state index in [1.54, 1.807) is 0 Å². The highest BCUT2D eigenvalue weighted by Crippen LogP contribution is 2.50. The van der Waals surface area contributed by atoms with E-state index in [1.807, 2.05) is 42.5 Å². The van der Waals surface area contributed by atoms with E-state index in [0.29, 0.717) is 11.1 Å². The zero-order valence-electron chi connectivity index (χ0n) is 32.0. The topological polar surface area (TPSA) is 31.9 Å². The number of nitrogens with zero attached hydrogens (tertiary/aromatic N) is 3. The van der Waals surface area contributed by atoms with Gasteiger partial charge in [0.2, 0.25) is 0 Å². The standard InChI is InChI=1S/C55H35N3O/c59-55(37-17-5-1-6-18-37)38-31-29-36(30-32-38)39-33-34-48-45(35-39)51-53-49(44-26-14-16-28-47(44)57(53)41-21-9-3-10-22-41)52-50(54(51)58(48)42-23-11-4-12-24-42)43-25-13-15-27-46(43)56(52)40-19-7-2-8-20-40/h1-35H. The predicted molar refractivity (Wildman–Crippen MR) is 245 cm³/mol. The first-order chi connectivity index (χ1) is 29.2. The lowest BCUT2D eigenvalue weighted by Gasteiger charge is -2.13. The number of aromatic nitrogens is 3. The molecule has 0 aliphatic carbocycles. The second-order valence-corrected chi connectivity index (χ2v) is 15.2. The van der Waals surface area contributed by atoms with Gasteiger partial charge in [-0.15, -0.1) is 0 Å². The molecule has 3 heterocycles. The maximum atomic E-state index is 13.4. The number of carbonyl (C=O) groups is 1. The zero-order chi connectivity index (χ0) is 39.0. The number of ketones is 1. The summed E-state index contributed by atoms with van der Waals surface area (Å²) in [5, 5.41) is 7.19. The normalized spacial score (nSPS) is 11.8. The van der Waals surface area contributed by atoms with Crippen LogP contribution in [0.15, 0.2) is 212 Å². The van der Waals surface area contributed by atoms with Crippen molar-refractivity contribution in [1.82, 2.24) is 13.7 Å². The fraction of sp³-hybridized carbons (Fsp3) is 0. The molecule has 0 N–H and O–H groups in total. The van der Waals surface area contributed by atoms with E-state index in [1.165, 1.54) is 43.5 Å². The molecule has 276 valence electrons. The lowest BCUT2D eigenvalue weighted by atomic mass is 9.97. The monoisotopic (exact) mass is 753 g/mol. The fourth-order valence-electron chi connectivity index (χ4n) is 9.49. The maximum absolute atomic E-state index is 13.4. The Morgan fingerprint density at radius 2 is 0.661 bits per heavy atom. The van der Waals surface area contributed by atoms with E-state index < -0.39 is 0 Å². The van der Waals surface area contributed by atoms with Gasteiger partial charge in [0.05, 0.1) is 33.1 Å². The van der Waals surface area contributed by atoms with Crippen LogP contribution in [0.25, 0.3) is 93.6 Å². The molecule has 0 radical (unpaired) electrons. The lowest BCUT2D eigenvalue weighted by Crippen LogP contribution is -2.00. The first-order valence-electron chi connectivity index (χ1n) is 20.1. The third kappa shape index (κ3) is 4.93. The molecule has 59 heavy (non-hydrogen) atoms. The molecular formula is C55H35N3O. The second-order valence-electron chi connectivity index (χ2n) is 15.2. The van der Waals surface area contributed by atoms with E-state index in [9.17, 15) is 4.79 Å². The highest BCUT2D eigenvalue weighted by Gasteiger charge is 2.29. The quantitative estimate of drug-likeness (QED) is 0.156.